The van der Waals surface area contributed by atoms with Crippen LogP contribution in [0.4, 0.5) is 14.9 Å². The van der Waals surface area contributed by atoms with E-state index in [1.807, 2.05) is 30.3 Å². The summed E-state index contributed by atoms with van der Waals surface area (Å²) < 4.78 is 24.8. The number of halogens is 1. The number of fused-ring (bicyclic) bond motifs is 1. The van der Waals surface area contributed by atoms with Crippen molar-refractivity contribution in [2.45, 2.75) is 25.6 Å². The summed E-state index contributed by atoms with van der Waals surface area (Å²) >= 11 is 0. The number of nitrogens with one attached hydrogen (secondary N) is 2. The SMILES string of the molecule is COc1ccc2ncc(F)c(NC(=O)[C@H]3C[C@H](CNC(=O)OCc4ccccc4)[C@H](O)C3)c2n1. The highest BCUT2D eigenvalue weighted by molar-refractivity contribution is 6.00. The number of alkyl carbamates (subject to hydrolysis) is 1. The average molecular weight is 468 g/mol. The van der Waals surface area contributed by atoms with Crippen LogP contribution in [0.3, 0.4) is 0 Å². The van der Waals surface area contributed by atoms with Gasteiger partial charge in [0, 0.05) is 24.4 Å². The van der Waals surface area contributed by atoms with E-state index < -0.39 is 29.8 Å². The fraction of sp³-hybridized carbons (Fsp3) is 0.333. The number of amides is 2. The molecule has 1 saturated carbocycles. The number of nitrogens with zero attached hydrogens (tertiary/aromatic N) is 2. The fourth-order valence-corrected chi connectivity index (χ4v) is 4.01. The molecule has 9 nitrogen and oxygen atoms in total. The van der Waals surface area contributed by atoms with Crippen molar-refractivity contribution in [1.29, 1.82) is 0 Å². The topological polar surface area (TPSA) is 123 Å². The van der Waals surface area contributed by atoms with Crippen molar-refractivity contribution in [3.8, 4) is 5.88 Å². The van der Waals surface area contributed by atoms with E-state index in [-0.39, 0.29) is 42.6 Å². The molecule has 1 aliphatic carbocycles. The van der Waals surface area contributed by atoms with Gasteiger partial charge in [-0.05, 0) is 24.5 Å². The van der Waals surface area contributed by atoms with Crippen molar-refractivity contribution in [2.24, 2.45) is 11.8 Å². The second-order valence-corrected chi connectivity index (χ2v) is 8.13. The summed E-state index contributed by atoms with van der Waals surface area (Å²) in [4.78, 5) is 33.1. The van der Waals surface area contributed by atoms with E-state index in [0.29, 0.717) is 11.9 Å². The highest BCUT2D eigenvalue weighted by Gasteiger charge is 2.37. The van der Waals surface area contributed by atoms with E-state index in [4.69, 9.17) is 9.47 Å². The number of hydrogen-bond acceptors (Lipinski definition) is 7. The van der Waals surface area contributed by atoms with Gasteiger partial charge >= 0.3 is 6.09 Å². The Bertz CT molecular complexity index is 1180. The molecule has 2 amide bonds. The van der Waals surface area contributed by atoms with E-state index in [2.05, 4.69) is 20.6 Å². The summed E-state index contributed by atoms with van der Waals surface area (Å²) in [5, 5.41) is 15.6. The molecule has 1 aliphatic rings. The third-order valence-corrected chi connectivity index (χ3v) is 5.85. The van der Waals surface area contributed by atoms with Crippen LogP contribution >= 0.6 is 0 Å². The van der Waals surface area contributed by atoms with Crippen molar-refractivity contribution < 1.29 is 28.6 Å². The number of aliphatic hydroxyl groups is 1. The minimum Gasteiger partial charge on any atom is -0.481 e. The van der Waals surface area contributed by atoms with Crippen LogP contribution in [0.25, 0.3) is 11.0 Å². The number of aromatic nitrogens is 2. The Morgan fingerprint density at radius 1 is 1.18 bits per heavy atom. The van der Waals surface area contributed by atoms with Crippen LogP contribution in [0.15, 0.2) is 48.7 Å². The predicted octanol–water partition coefficient (Wildman–Crippen LogP) is 3.03. The lowest BCUT2D eigenvalue weighted by atomic mass is 10.0. The van der Waals surface area contributed by atoms with E-state index in [1.54, 1.807) is 12.1 Å². The molecule has 10 heteroatoms. The first-order valence-corrected chi connectivity index (χ1v) is 10.9. The summed E-state index contributed by atoms with van der Waals surface area (Å²) in [6, 6.07) is 12.5. The molecule has 1 aromatic carbocycles. The Labute approximate surface area is 195 Å². The normalized spacial score (nSPS) is 19.6. The molecule has 2 heterocycles. The van der Waals surface area contributed by atoms with Gasteiger partial charge in [0.2, 0.25) is 11.8 Å². The third-order valence-electron chi connectivity index (χ3n) is 5.85. The van der Waals surface area contributed by atoms with Gasteiger partial charge < -0.3 is 25.2 Å². The summed E-state index contributed by atoms with van der Waals surface area (Å²) in [7, 11) is 1.44. The average Bonchev–Trinajstić information content (AvgIpc) is 3.24. The number of rotatable bonds is 7. The van der Waals surface area contributed by atoms with Gasteiger partial charge in [-0.15, -0.1) is 0 Å². The summed E-state index contributed by atoms with van der Waals surface area (Å²) in [6.07, 6.45) is 0.145. The number of benzene rings is 1. The maximum Gasteiger partial charge on any atom is 0.407 e. The van der Waals surface area contributed by atoms with Crippen LogP contribution in [-0.4, -0.2) is 46.8 Å². The number of anilines is 1. The Hall–Kier alpha value is -3.79. The highest BCUT2D eigenvalue weighted by atomic mass is 19.1. The molecule has 0 spiro atoms. The molecule has 4 rings (SSSR count). The first-order valence-electron chi connectivity index (χ1n) is 10.9. The molecule has 3 N–H and O–H groups in total. The fourth-order valence-electron chi connectivity index (χ4n) is 4.01. The Morgan fingerprint density at radius 2 is 1.97 bits per heavy atom. The summed E-state index contributed by atoms with van der Waals surface area (Å²) in [5.41, 5.74) is 1.35. The van der Waals surface area contributed by atoms with Crippen LogP contribution in [0.2, 0.25) is 0 Å². The standard InChI is InChI=1S/C24H25FN4O5/c1-33-20-8-7-18-22(28-20)21(17(25)12-26-18)29-23(31)15-9-16(19(30)10-15)11-27-24(32)34-13-14-5-3-2-4-6-14/h2-8,12,15-16,19,30H,9-11,13H2,1H3,(H,27,32)(H,26,29,31)/t15-,16+,19+/m0/s1. The number of aliphatic hydroxyl groups excluding tert-OH is 1. The largest absolute Gasteiger partial charge is 0.481 e. The van der Waals surface area contributed by atoms with E-state index in [9.17, 15) is 19.1 Å². The second-order valence-electron chi connectivity index (χ2n) is 8.13. The molecule has 34 heavy (non-hydrogen) atoms. The molecule has 2 aromatic heterocycles. The first-order chi connectivity index (χ1) is 16.4. The van der Waals surface area contributed by atoms with Crippen LogP contribution in [0.5, 0.6) is 5.88 Å². The van der Waals surface area contributed by atoms with Gasteiger partial charge in [-0.2, -0.15) is 0 Å². The lowest BCUT2D eigenvalue weighted by Crippen LogP contribution is -2.32. The zero-order valence-corrected chi connectivity index (χ0v) is 18.5. The molecule has 3 atom stereocenters. The molecular formula is C24H25FN4O5. The molecule has 0 bridgehead atoms. The molecular weight excluding hydrogens is 443 g/mol. The Morgan fingerprint density at radius 3 is 2.74 bits per heavy atom. The maximum absolute atomic E-state index is 14.5. The van der Waals surface area contributed by atoms with Crippen molar-refractivity contribution in [3.05, 3.63) is 60.0 Å². The number of carbonyl (C=O) groups excluding carboxylic acids is 2. The maximum atomic E-state index is 14.5. The van der Waals surface area contributed by atoms with E-state index in [0.717, 1.165) is 11.8 Å². The molecule has 0 radical (unpaired) electrons. The minimum atomic E-state index is -0.789. The zero-order chi connectivity index (χ0) is 24.1. The number of hydrogen-bond donors (Lipinski definition) is 3. The van der Waals surface area contributed by atoms with Gasteiger partial charge in [0.05, 0.1) is 24.9 Å². The third kappa shape index (κ3) is 5.40. The molecule has 0 saturated heterocycles. The van der Waals surface area contributed by atoms with Gasteiger partial charge in [0.25, 0.3) is 0 Å². The predicted molar refractivity (Wildman–Crippen MR) is 122 cm³/mol. The van der Waals surface area contributed by atoms with Crippen molar-refractivity contribution in [1.82, 2.24) is 15.3 Å². The minimum absolute atomic E-state index is 0.0885. The Kier molecular flexibility index (Phi) is 7.17. The van der Waals surface area contributed by atoms with Crippen molar-refractivity contribution >= 4 is 28.7 Å². The van der Waals surface area contributed by atoms with Crippen molar-refractivity contribution in [3.63, 3.8) is 0 Å². The van der Waals surface area contributed by atoms with Crippen LogP contribution in [-0.2, 0) is 16.1 Å². The van der Waals surface area contributed by atoms with Gasteiger partial charge in [-0.3, -0.25) is 9.78 Å². The lowest BCUT2D eigenvalue weighted by Gasteiger charge is -2.15. The second kappa shape index (κ2) is 10.4. The highest BCUT2D eigenvalue weighted by Crippen LogP contribution is 2.33. The van der Waals surface area contributed by atoms with Gasteiger partial charge in [0.15, 0.2) is 5.82 Å². The van der Waals surface area contributed by atoms with Crippen molar-refractivity contribution in [2.75, 3.05) is 19.0 Å². The molecule has 0 aliphatic heterocycles. The molecule has 1 fully saturated rings. The quantitative estimate of drug-likeness (QED) is 0.487. The summed E-state index contributed by atoms with van der Waals surface area (Å²) in [5.74, 6) is -1.80. The van der Waals surface area contributed by atoms with Crippen LogP contribution in [0.1, 0.15) is 18.4 Å². The van der Waals surface area contributed by atoms with E-state index >= 15 is 0 Å². The smallest absolute Gasteiger partial charge is 0.407 e. The van der Waals surface area contributed by atoms with Crippen LogP contribution in [0, 0.1) is 17.7 Å². The van der Waals surface area contributed by atoms with Gasteiger partial charge in [0.1, 0.15) is 17.8 Å². The van der Waals surface area contributed by atoms with Gasteiger partial charge in [-0.25, -0.2) is 14.2 Å². The molecule has 178 valence electrons. The van der Waals surface area contributed by atoms with Gasteiger partial charge in [-0.1, -0.05) is 30.3 Å². The monoisotopic (exact) mass is 468 g/mol. The molecule has 3 aromatic rings. The zero-order valence-electron chi connectivity index (χ0n) is 18.5. The first kappa shape index (κ1) is 23.4. The number of methoxy groups -OCH3 is 1. The number of pyridine rings is 2. The lowest BCUT2D eigenvalue weighted by molar-refractivity contribution is -0.119. The summed E-state index contributed by atoms with van der Waals surface area (Å²) in [6.45, 7) is 0.291. The molecule has 0 unspecified atom stereocenters. The number of carbonyl (C=O) groups is 2. The Balaban J connectivity index is 1.34. The van der Waals surface area contributed by atoms with Crippen LogP contribution < -0.4 is 15.4 Å². The number of ether oxygens (including phenoxy) is 2. The van der Waals surface area contributed by atoms with E-state index in [1.165, 1.54) is 7.11 Å².